The lowest BCUT2D eigenvalue weighted by Crippen LogP contribution is -2.44. The zero-order valence-corrected chi connectivity index (χ0v) is 19.1. The van der Waals surface area contributed by atoms with Crippen molar-refractivity contribution in [2.24, 2.45) is 0 Å². The predicted molar refractivity (Wildman–Crippen MR) is 127 cm³/mol. The Morgan fingerprint density at radius 1 is 1.30 bits per heavy atom. The normalized spacial score (nSPS) is 16.5. The number of halogens is 2. The molecule has 1 fully saturated rings. The number of aromatic nitrogens is 2. The van der Waals surface area contributed by atoms with Crippen LogP contribution in [0.3, 0.4) is 0 Å². The number of rotatable bonds is 9. The maximum absolute atomic E-state index is 13.5. The molecule has 4 rings (SSSR count). The Labute approximate surface area is 197 Å². The molecule has 1 aromatic heterocycles. The molecule has 9 heteroatoms. The Balaban J connectivity index is 1.49. The molecule has 2 heterocycles. The number of nitrogens with one attached hydrogen (secondary N) is 1. The Morgan fingerprint density at radius 2 is 2.18 bits per heavy atom. The van der Waals surface area contributed by atoms with Crippen molar-refractivity contribution >= 4 is 34.0 Å². The van der Waals surface area contributed by atoms with E-state index < -0.39 is 5.82 Å². The molecule has 3 aromatic rings. The highest BCUT2D eigenvalue weighted by Crippen LogP contribution is 2.35. The van der Waals surface area contributed by atoms with Gasteiger partial charge in [-0.15, -0.1) is 6.58 Å². The van der Waals surface area contributed by atoms with E-state index in [-0.39, 0.29) is 11.1 Å². The average Bonchev–Trinajstić information content (AvgIpc) is 2.84. The van der Waals surface area contributed by atoms with Gasteiger partial charge in [0.25, 0.3) is 0 Å². The SMILES string of the molecule is C=C[C@@H]1COCCN1CCCOc1cc2c(Nc3ccc(F)c(Cl)c3)ncnc2cc1OC. The summed E-state index contributed by atoms with van der Waals surface area (Å²) >= 11 is 5.91. The molecule has 7 nitrogen and oxygen atoms in total. The van der Waals surface area contributed by atoms with Gasteiger partial charge < -0.3 is 19.5 Å². The third-order valence-electron chi connectivity index (χ3n) is 5.50. The molecule has 0 aliphatic carbocycles. The van der Waals surface area contributed by atoms with E-state index in [9.17, 15) is 4.39 Å². The number of hydrogen-bond acceptors (Lipinski definition) is 7. The average molecular weight is 473 g/mol. The minimum atomic E-state index is -0.480. The summed E-state index contributed by atoms with van der Waals surface area (Å²) < 4.78 is 30.6. The molecular weight excluding hydrogens is 447 g/mol. The van der Waals surface area contributed by atoms with E-state index >= 15 is 0 Å². The molecule has 1 aliphatic heterocycles. The lowest BCUT2D eigenvalue weighted by atomic mass is 10.2. The molecule has 174 valence electrons. The standard InChI is InChI=1S/C24H26ClFN4O3/c1-3-17-14-32-10-8-30(17)7-4-9-33-23-12-18-21(13-22(23)31-2)27-15-28-24(18)29-16-5-6-20(26)19(25)11-16/h3,5-6,11-13,15,17H,1,4,7-10,14H2,2H3,(H,27,28,29)/t17-/m1/s1. The van der Waals surface area contributed by atoms with Crippen molar-refractivity contribution in [3.8, 4) is 11.5 Å². The first-order valence-corrected chi connectivity index (χ1v) is 11.1. The van der Waals surface area contributed by atoms with Gasteiger partial charge in [0.1, 0.15) is 18.0 Å². The summed E-state index contributed by atoms with van der Waals surface area (Å²) in [4.78, 5) is 11.0. The fraction of sp³-hybridized carbons (Fsp3) is 0.333. The molecule has 33 heavy (non-hydrogen) atoms. The van der Waals surface area contributed by atoms with Crippen LogP contribution in [0, 0.1) is 5.82 Å². The number of fused-ring (bicyclic) bond motifs is 1. The van der Waals surface area contributed by atoms with Crippen LogP contribution in [-0.2, 0) is 4.74 Å². The zero-order chi connectivity index (χ0) is 23.2. The summed E-state index contributed by atoms with van der Waals surface area (Å²) in [6.07, 6.45) is 4.22. The lowest BCUT2D eigenvalue weighted by Gasteiger charge is -2.33. The van der Waals surface area contributed by atoms with E-state index in [1.165, 1.54) is 18.5 Å². The highest BCUT2D eigenvalue weighted by Gasteiger charge is 2.19. The predicted octanol–water partition coefficient (Wildman–Crippen LogP) is 4.83. The van der Waals surface area contributed by atoms with Crippen LogP contribution in [0.5, 0.6) is 11.5 Å². The molecule has 1 atom stereocenters. The zero-order valence-electron chi connectivity index (χ0n) is 18.4. The summed E-state index contributed by atoms with van der Waals surface area (Å²) in [5.41, 5.74) is 1.30. The summed E-state index contributed by atoms with van der Waals surface area (Å²) in [6.45, 7) is 7.60. The number of morpholine rings is 1. The third kappa shape index (κ3) is 5.52. The van der Waals surface area contributed by atoms with E-state index in [1.807, 2.05) is 18.2 Å². The van der Waals surface area contributed by atoms with Gasteiger partial charge in [0.15, 0.2) is 11.5 Å². The van der Waals surface area contributed by atoms with Gasteiger partial charge in [-0.25, -0.2) is 14.4 Å². The van der Waals surface area contributed by atoms with Crippen LogP contribution in [0.15, 0.2) is 49.3 Å². The molecule has 1 saturated heterocycles. The number of nitrogens with zero attached hydrogens (tertiary/aromatic N) is 3. The van der Waals surface area contributed by atoms with Crippen LogP contribution in [0.2, 0.25) is 5.02 Å². The number of ether oxygens (including phenoxy) is 3. The number of methoxy groups -OCH3 is 1. The highest BCUT2D eigenvalue weighted by atomic mass is 35.5. The molecule has 1 N–H and O–H groups in total. The molecule has 2 aromatic carbocycles. The van der Waals surface area contributed by atoms with Crippen molar-refractivity contribution < 1.29 is 18.6 Å². The number of anilines is 2. The fourth-order valence-corrected chi connectivity index (χ4v) is 3.93. The monoisotopic (exact) mass is 472 g/mol. The minimum Gasteiger partial charge on any atom is -0.493 e. The molecule has 0 unspecified atom stereocenters. The maximum atomic E-state index is 13.5. The molecule has 0 radical (unpaired) electrons. The Hall–Kier alpha value is -2.94. The van der Waals surface area contributed by atoms with Gasteiger partial charge in [-0.1, -0.05) is 17.7 Å². The van der Waals surface area contributed by atoms with Crippen LogP contribution in [0.4, 0.5) is 15.9 Å². The van der Waals surface area contributed by atoms with Crippen LogP contribution in [-0.4, -0.2) is 60.9 Å². The second-order valence-corrected chi connectivity index (χ2v) is 8.02. The summed E-state index contributed by atoms with van der Waals surface area (Å²) in [7, 11) is 1.59. The third-order valence-corrected chi connectivity index (χ3v) is 5.79. The molecule has 0 saturated carbocycles. The second-order valence-electron chi connectivity index (χ2n) is 7.61. The maximum Gasteiger partial charge on any atom is 0.162 e. The van der Waals surface area contributed by atoms with Crippen molar-refractivity contribution in [1.29, 1.82) is 0 Å². The minimum absolute atomic E-state index is 0.0306. The van der Waals surface area contributed by atoms with Gasteiger partial charge in [-0.2, -0.15) is 0 Å². The van der Waals surface area contributed by atoms with Gasteiger partial charge in [0, 0.05) is 30.2 Å². The van der Waals surface area contributed by atoms with Gasteiger partial charge in [-0.3, -0.25) is 4.90 Å². The van der Waals surface area contributed by atoms with Crippen molar-refractivity contribution in [2.45, 2.75) is 12.5 Å². The van der Waals surface area contributed by atoms with Gasteiger partial charge in [-0.05, 0) is 30.7 Å². The van der Waals surface area contributed by atoms with Crippen molar-refractivity contribution in [3.05, 3.63) is 60.2 Å². The first-order valence-electron chi connectivity index (χ1n) is 10.7. The van der Waals surface area contributed by atoms with Crippen LogP contribution in [0.1, 0.15) is 6.42 Å². The molecule has 1 aliphatic rings. The van der Waals surface area contributed by atoms with Crippen molar-refractivity contribution in [2.75, 3.05) is 45.3 Å². The van der Waals surface area contributed by atoms with Crippen molar-refractivity contribution in [1.82, 2.24) is 14.9 Å². The van der Waals surface area contributed by atoms with E-state index in [0.29, 0.717) is 41.7 Å². The first kappa shape index (κ1) is 23.2. The van der Waals surface area contributed by atoms with E-state index in [0.717, 1.165) is 31.5 Å². The van der Waals surface area contributed by atoms with Crippen molar-refractivity contribution in [3.63, 3.8) is 0 Å². The fourth-order valence-electron chi connectivity index (χ4n) is 3.75. The van der Waals surface area contributed by atoms with E-state index in [2.05, 4.69) is 26.8 Å². The Morgan fingerprint density at radius 3 is 2.97 bits per heavy atom. The van der Waals surface area contributed by atoms with Gasteiger partial charge in [0.2, 0.25) is 0 Å². The van der Waals surface area contributed by atoms with Crippen LogP contribution in [0.25, 0.3) is 10.9 Å². The van der Waals surface area contributed by atoms with Gasteiger partial charge >= 0.3 is 0 Å². The topological polar surface area (TPSA) is 68.7 Å². The highest BCUT2D eigenvalue weighted by molar-refractivity contribution is 6.31. The number of hydrogen-bond donors (Lipinski definition) is 1. The van der Waals surface area contributed by atoms with Gasteiger partial charge in [0.05, 0.1) is 43.5 Å². The quantitative estimate of drug-likeness (QED) is 0.353. The number of benzene rings is 2. The Bertz CT molecular complexity index is 1130. The first-order chi connectivity index (χ1) is 16.1. The smallest absolute Gasteiger partial charge is 0.162 e. The summed E-state index contributed by atoms with van der Waals surface area (Å²) in [6, 6.07) is 8.30. The Kier molecular flexibility index (Phi) is 7.59. The van der Waals surface area contributed by atoms with Crippen LogP contribution >= 0.6 is 11.6 Å². The lowest BCUT2D eigenvalue weighted by molar-refractivity contribution is 0.00846. The van der Waals surface area contributed by atoms with E-state index in [1.54, 1.807) is 13.2 Å². The molecule has 0 bridgehead atoms. The summed E-state index contributed by atoms with van der Waals surface area (Å²) in [5.74, 6) is 1.26. The largest absolute Gasteiger partial charge is 0.493 e. The second kappa shape index (κ2) is 10.8. The van der Waals surface area contributed by atoms with E-state index in [4.69, 9.17) is 25.8 Å². The summed E-state index contributed by atoms with van der Waals surface area (Å²) in [5, 5.41) is 3.95. The molecule has 0 amide bonds. The van der Waals surface area contributed by atoms with Crippen LogP contribution < -0.4 is 14.8 Å². The molecular formula is C24H26ClFN4O3. The molecule has 0 spiro atoms.